The molecule has 1 N–H and O–H groups in total. The molecule has 0 atom stereocenters. The molecule has 0 heterocycles. The SMILES string of the molecule is COc1ccc(C(=O)NCCSC)c(F)c1. The molecule has 0 saturated heterocycles. The average Bonchev–Trinajstić information content (AvgIpc) is 2.29. The minimum atomic E-state index is -0.569. The topological polar surface area (TPSA) is 38.3 Å². The maximum absolute atomic E-state index is 13.5. The van der Waals surface area contributed by atoms with Crippen molar-refractivity contribution in [1.29, 1.82) is 0 Å². The predicted octanol–water partition coefficient (Wildman–Crippen LogP) is 1.93. The van der Waals surface area contributed by atoms with Crippen molar-refractivity contribution in [3.8, 4) is 5.75 Å². The fraction of sp³-hybridized carbons (Fsp3) is 0.364. The van der Waals surface area contributed by atoms with Gasteiger partial charge in [0.2, 0.25) is 0 Å². The van der Waals surface area contributed by atoms with E-state index in [1.54, 1.807) is 17.8 Å². The van der Waals surface area contributed by atoms with Crippen molar-refractivity contribution in [1.82, 2.24) is 5.32 Å². The molecule has 0 aromatic heterocycles. The lowest BCUT2D eigenvalue weighted by atomic mass is 10.2. The first-order valence-corrected chi connectivity index (χ1v) is 6.19. The number of methoxy groups -OCH3 is 1. The van der Waals surface area contributed by atoms with Gasteiger partial charge in [-0.15, -0.1) is 0 Å². The van der Waals surface area contributed by atoms with Gasteiger partial charge in [-0.25, -0.2) is 4.39 Å². The standard InChI is InChI=1S/C11H14FNO2S/c1-15-8-3-4-9(10(12)7-8)11(14)13-5-6-16-2/h3-4,7H,5-6H2,1-2H3,(H,13,14). The van der Waals surface area contributed by atoms with Gasteiger partial charge in [0.15, 0.2) is 0 Å². The van der Waals surface area contributed by atoms with Crippen molar-refractivity contribution in [3.05, 3.63) is 29.6 Å². The lowest BCUT2D eigenvalue weighted by molar-refractivity contribution is 0.0952. The second kappa shape index (κ2) is 6.37. The predicted molar refractivity (Wildman–Crippen MR) is 63.7 cm³/mol. The van der Waals surface area contributed by atoms with Gasteiger partial charge in [0, 0.05) is 18.4 Å². The first-order chi connectivity index (χ1) is 7.69. The molecular formula is C11H14FNO2S. The van der Waals surface area contributed by atoms with Crippen molar-refractivity contribution in [2.45, 2.75) is 0 Å². The Morgan fingerprint density at radius 3 is 2.88 bits per heavy atom. The molecule has 1 amide bonds. The minimum Gasteiger partial charge on any atom is -0.497 e. The van der Waals surface area contributed by atoms with Gasteiger partial charge in [-0.3, -0.25) is 4.79 Å². The quantitative estimate of drug-likeness (QED) is 0.803. The summed E-state index contributed by atoms with van der Waals surface area (Å²) in [4.78, 5) is 11.5. The third kappa shape index (κ3) is 3.41. The number of thioether (sulfide) groups is 1. The molecule has 0 aliphatic heterocycles. The Balaban J connectivity index is 2.68. The van der Waals surface area contributed by atoms with Gasteiger partial charge in [-0.2, -0.15) is 11.8 Å². The molecule has 1 aromatic carbocycles. The van der Waals surface area contributed by atoms with Gasteiger partial charge in [0.25, 0.3) is 5.91 Å². The highest BCUT2D eigenvalue weighted by Gasteiger charge is 2.11. The molecule has 0 unspecified atom stereocenters. The first-order valence-electron chi connectivity index (χ1n) is 4.79. The number of hydrogen-bond donors (Lipinski definition) is 1. The van der Waals surface area contributed by atoms with Gasteiger partial charge >= 0.3 is 0 Å². The lowest BCUT2D eigenvalue weighted by Gasteiger charge is -2.06. The summed E-state index contributed by atoms with van der Waals surface area (Å²) < 4.78 is 18.3. The van der Waals surface area contributed by atoms with Crippen LogP contribution in [0.4, 0.5) is 4.39 Å². The molecule has 1 rings (SSSR count). The van der Waals surface area contributed by atoms with Gasteiger partial charge in [0.1, 0.15) is 11.6 Å². The van der Waals surface area contributed by atoms with E-state index >= 15 is 0 Å². The third-order valence-corrected chi connectivity index (χ3v) is 2.62. The highest BCUT2D eigenvalue weighted by molar-refractivity contribution is 7.98. The second-order valence-electron chi connectivity index (χ2n) is 3.09. The van der Waals surface area contributed by atoms with Crippen molar-refractivity contribution in [2.24, 2.45) is 0 Å². The van der Waals surface area contributed by atoms with E-state index < -0.39 is 11.7 Å². The van der Waals surface area contributed by atoms with Crippen LogP contribution < -0.4 is 10.1 Å². The summed E-state index contributed by atoms with van der Waals surface area (Å²) in [5, 5.41) is 2.64. The van der Waals surface area contributed by atoms with Crippen LogP contribution in [-0.4, -0.2) is 31.6 Å². The Labute approximate surface area is 98.4 Å². The van der Waals surface area contributed by atoms with E-state index in [4.69, 9.17) is 4.74 Å². The number of carbonyl (C=O) groups is 1. The van der Waals surface area contributed by atoms with Crippen LogP contribution in [0, 0.1) is 5.82 Å². The summed E-state index contributed by atoms with van der Waals surface area (Å²) in [5.41, 5.74) is 0.0434. The van der Waals surface area contributed by atoms with Gasteiger partial charge in [-0.05, 0) is 18.4 Å². The highest BCUT2D eigenvalue weighted by atomic mass is 32.2. The van der Waals surface area contributed by atoms with Crippen LogP contribution in [0.2, 0.25) is 0 Å². The number of carbonyl (C=O) groups excluding carboxylic acids is 1. The van der Waals surface area contributed by atoms with Crippen molar-refractivity contribution in [3.63, 3.8) is 0 Å². The van der Waals surface area contributed by atoms with Crippen LogP contribution in [-0.2, 0) is 0 Å². The molecule has 16 heavy (non-hydrogen) atoms. The molecule has 0 aliphatic carbocycles. The largest absolute Gasteiger partial charge is 0.497 e. The first kappa shape index (κ1) is 12.8. The van der Waals surface area contributed by atoms with E-state index in [0.717, 1.165) is 5.75 Å². The number of amides is 1. The van der Waals surface area contributed by atoms with Crippen molar-refractivity contribution >= 4 is 17.7 Å². The van der Waals surface area contributed by atoms with Crippen LogP contribution in [0.3, 0.4) is 0 Å². The number of ether oxygens (including phenoxy) is 1. The molecular weight excluding hydrogens is 229 g/mol. The zero-order chi connectivity index (χ0) is 12.0. The Morgan fingerprint density at radius 2 is 2.31 bits per heavy atom. The van der Waals surface area contributed by atoms with Crippen molar-refractivity contribution < 1.29 is 13.9 Å². The molecule has 0 aliphatic rings. The molecule has 5 heteroatoms. The fourth-order valence-electron chi connectivity index (χ4n) is 1.17. The summed E-state index contributed by atoms with van der Waals surface area (Å²) >= 11 is 1.62. The Hall–Kier alpha value is -1.23. The average molecular weight is 243 g/mol. The van der Waals surface area contributed by atoms with E-state index in [9.17, 15) is 9.18 Å². The summed E-state index contributed by atoms with van der Waals surface area (Å²) in [6.07, 6.45) is 1.94. The summed E-state index contributed by atoms with van der Waals surface area (Å²) in [5.74, 6) is 0.247. The summed E-state index contributed by atoms with van der Waals surface area (Å²) in [6.45, 7) is 0.533. The number of hydrogen-bond acceptors (Lipinski definition) is 3. The monoisotopic (exact) mass is 243 g/mol. The Bertz CT molecular complexity index is 371. The fourth-order valence-corrected chi connectivity index (χ4v) is 1.47. The van der Waals surface area contributed by atoms with Gasteiger partial charge in [0.05, 0.1) is 12.7 Å². The molecule has 0 spiro atoms. The normalized spacial score (nSPS) is 9.94. The van der Waals surface area contributed by atoms with Crippen molar-refractivity contribution in [2.75, 3.05) is 25.7 Å². The van der Waals surface area contributed by atoms with E-state index in [0.29, 0.717) is 12.3 Å². The molecule has 1 aromatic rings. The maximum atomic E-state index is 13.5. The molecule has 0 bridgehead atoms. The smallest absolute Gasteiger partial charge is 0.254 e. The summed E-state index contributed by atoms with van der Waals surface area (Å²) in [6, 6.07) is 4.18. The van der Waals surface area contributed by atoms with E-state index in [1.165, 1.54) is 19.2 Å². The molecule has 3 nitrogen and oxygen atoms in total. The highest BCUT2D eigenvalue weighted by Crippen LogP contribution is 2.15. The van der Waals surface area contributed by atoms with Crippen LogP contribution in [0.25, 0.3) is 0 Å². The number of nitrogens with one attached hydrogen (secondary N) is 1. The van der Waals surface area contributed by atoms with E-state index in [1.807, 2.05) is 6.26 Å². The minimum absolute atomic E-state index is 0.0434. The molecule has 0 saturated carbocycles. The van der Waals surface area contributed by atoms with Crippen LogP contribution in [0.1, 0.15) is 10.4 Å². The van der Waals surface area contributed by atoms with Crippen LogP contribution >= 0.6 is 11.8 Å². The number of halogens is 1. The lowest BCUT2D eigenvalue weighted by Crippen LogP contribution is -2.26. The van der Waals surface area contributed by atoms with Crippen LogP contribution in [0.5, 0.6) is 5.75 Å². The maximum Gasteiger partial charge on any atom is 0.254 e. The number of benzene rings is 1. The van der Waals surface area contributed by atoms with E-state index in [2.05, 4.69) is 5.32 Å². The molecule has 0 fully saturated rings. The third-order valence-electron chi connectivity index (χ3n) is 2.01. The van der Waals surface area contributed by atoms with Gasteiger partial charge < -0.3 is 10.1 Å². The molecule has 88 valence electrons. The zero-order valence-corrected chi connectivity index (χ0v) is 10.1. The molecule has 0 radical (unpaired) electrons. The van der Waals surface area contributed by atoms with E-state index in [-0.39, 0.29) is 5.56 Å². The summed E-state index contributed by atoms with van der Waals surface area (Å²) in [7, 11) is 1.45. The second-order valence-corrected chi connectivity index (χ2v) is 4.08. The zero-order valence-electron chi connectivity index (χ0n) is 9.25. The number of rotatable bonds is 5. The van der Waals surface area contributed by atoms with Crippen LogP contribution in [0.15, 0.2) is 18.2 Å². The Morgan fingerprint density at radius 1 is 1.56 bits per heavy atom. The Kier molecular flexibility index (Phi) is 5.11. The van der Waals surface area contributed by atoms with Gasteiger partial charge in [-0.1, -0.05) is 0 Å².